The Morgan fingerprint density at radius 3 is 2.50 bits per heavy atom. The molecule has 6 nitrogen and oxygen atoms in total. The number of amides is 1. The van der Waals surface area contributed by atoms with Crippen LogP contribution in [0, 0.1) is 13.8 Å². The molecule has 0 atom stereocenters. The van der Waals surface area contributed by atoms with E-state index in [0.29, 0.717) is 23.8 Å². The largest absolute Gasteiger partial charge is 0.368 e. The number of rotatable bonds is 5. The summed E-state index contributed by atoms with van der Waals surface area (Å²) in [6.07, 6.45) is 0.245. The Morgan fingerprint density at radius 1 is 1.00 bits per heavy atom. The monoisotopic (exact) mass is 450 g/mol. The molecule has 0 radical (unpaired) electrons. The molecule has 2 aromatic carbocycles. The number of hydrogen-bond donors (Lipinski definition) is 0. The standard InChI is InChI=1S/C25H27ClN4O2/c1-18-5-3-8-23(19(18)2)28-13-15-29(16-14-28)24(31)11-12-30-25(32)10-9-22(27-30)20-6-4-7-21(26)17-20/h3-10,17H,11-16H2,1-2H3. The first kappa shape index (κ1) is 22.1. The maximum absolute atomic E-state index is 12.8. The Hall–Kier alpha value is -3.12. The van der Waals surface area contributed by atoms with Crippen LogP contribution in [-0.2, 0) is 11.3 Å². The van der Waals surface area contributed by atoms with Gasteiger partial charge in [0.15, 0.2) is 0 Å². The molecule has 7 heteroatoms. The Balaban J connectivity index is 1.37. The summed E-state index contributed by atoms with van der Waals surface area (Å²) in [7, 11) is 0. The predicted molar refractivity (Wildman–Crippen MR) is 128 cm³/mol. The molecule has 166 valence electrons. The van der Waals surface area contributed by atoms with Gasteiger partial charge >= 0.3 is 0 Å². The molecule has 3 aromatic rings. The summed E-state index contributed by atoms with van der Waals surface area (Å²) in [4.78, 5) is 29.3. The number of anilines is 1. The fourth-order valence-electron chi connectivity index (χ4n) is 4.05. The molecule has 0 unspecified atom stereocenters. The van der Waals surface area contributed by atoms with Crippen molar-refractivity contribution in [2.75, 3.05) is 31.1 Å². The van der Waals surface area contributed by atoms with Crippen molar-refractivity contribution < 1.29 is 4.79 Å². The van der Waals surface area contributed by atoms with Crippen molar-refractivity contribution in [3.05, 3.63) is 81.1 Å². The minimum Gasteiger partial charge on any atom is -0.368 e. The zero-order valence-electron chi connectivity index (χ0n) is 18.4. The fraction of sp³-hybridized carbons (Fsp3) is 0.320. The quantitative estimate of drug-likeness (QED) is 0.591. The van der Waals surface area contributed by atoms with Gasteiger partial charge in [-0.1, -0.05) is 35.9 Å². The van der Waals surface area contributed by atoms with E-state index in [9.17, 15) is 9.59 Å². The number of halogens is 1. The Kier molecular flexibility index (Phi) is 6.61. The van der Waals surface area contributed by atoms with Crippen molar-refractivity contribution in [3.63, 3.8) is 0 Å². The molecule has 1 saturated heterocycles. The van der Waals surface area contributed by atoms with Crippen LogP contribution in [0.5, 0.6) is 0 Å². The molecule has 4 rings (SSSR count). The zero-order valence-corrected chi connectivity index (χ0v) is 19.2. The number of hydrogen-bond acceptors (Lipinski definition) is 4. The van der Waals surface area contributed by atoms with E-state index >= 15 is 0 Å². The number of aryl methyl sites for hydroxylation is 2. The van der Waals surface area contributed by atoms with Gasteiger partial charge in [-0.2, -0.15) is 5.10 Å². The summed E-state index contributed by atoms with van der Waals surface area (Å²) >= 11 is 6.07. The van der Waals surface area contributed by atoms with Gasteiger partial charge in [-0.3, -0.25) is 9.59 Å². The first-order valence-electron chi connectivity index (χ1n) is 10.9. The van der Waals surface area contributed by atoms with E-state index in [0.717, 1.165) is 18.7 Å². The highest BCUT2D eigenvalue weighted by atomic mass is 35.5. The van der Waals surface area contributed by atoms with Crippen LogP contribution in [-0.4, -0.2) is 46.8 Å². The SMILES string of the molecule is Cc1cccc(N2CCN(C(=O)CCn3nc(-c4cccc(Cl)c4)ccc3=O)CC2)c1C. The Labute approximate surface area is 193 Å². The van der Waals surface area contributed by atoms with E-state index in [2.05, 4.69) is 42.0 Å². The summed E-state index contributed by atoms with van der Waals surface area (Å²) in [6.45, 7) is 7.48. The van der Waals surface area contributed by atoms with E-state index in [-0.39, 0.29) is 24.4 Å². The summed E-state index contributed by atoms with van der Waals surface area (Å²) < 4.78 is 1.36. The molecule has 0 spiro atoms. The third kappa shape index (κ3) is 4.86. The van der Waals surface area contributed by atoms with Gasteiger partial charge in [0.1, 0.15) is 0 Å². The summed E-state index contributed by atoms with van der Waals surface area (Å²) in [5.41, 5.74) is 5.08. The second kappa shape index (κ2) is 9.57. The lowest BCUT2D eigenvalue weighted by Gasteiger charge is -2.37. The molecule has 2 heterocycles. The molecule has 1 fully saturated rings. The fourth-order valence-corrected chi connectivity index (χ4v) is 4.24. The third-order valence-corrected chi connectivity index (χ3v) is 6.31. The maximum Gasteiger partial charge on any atom is 0.266 e. The highest BCUT2D eigenvalue weighted by Crippen LogP contribution is 2.24. The summed E-state index contributed by atoms with van der Waals surface area (Å²) in [5.74, 6) is 0.0486. The lowest BCUT2D eigenvalue weighted by Crippen LogP contribution is -2.49. The van der Waals surface area contributed by atoms with Crippen LogP contribution in [0.1, 0.15) is 17.5 Å². The van der Waals surface area contributed by atoms with Crippen molar-refractivity contribution in [1.82, 2.24) is 14.7 Å². The van der Waals surface area contributed by atoms with Crippen LogP contribution >= 0.6 is 11.6 Å². The average molecular weight is 451 g/mol. The molecular weight excluding hydrogens is 424 g/mol. The molecule has 1 amide bonds. The smallest absolute Gasteiger partial charge is 0.266 e. The highest BCUT2D eigenvalue weighted by molar-refractivity contribution is 6.30. The topological polar surface area (TPSA) is 58.4 Å². The predicted octanol–water partition coefficient (Wildman–Crippen LogP) is 3.92. The Bertz CT molecular complexity index is 1180. The average Bonchev–Trinajstić information content (AvgIpc) is 2.80. The van der Waals surface area contributed by atoms with E-state index in [1.807, 2.05) is 17.0 Å². The van der Waals surface area contributed by atoms with Crippen molar-refractivity contribution >= 4 is 23.2 Å². The van der Waals surface area contributed by atoms with Crippen LogP contribution in [0.15, 0.2) is 59.4 Å². The molecule has 32 heavy (non-hydrogen) atoms. The first-order chi connectivity index (χ1) is 15.4. The Morgan fingerprint density at radius 2 is 1.75 bits per heavy atom. The number of benzene rings is 2. The van der Waals surface area contributed by atoms with Crippen molar-refractivity contribution in [2.45, 2.75) is 26.8 Å². The highest BCUT2D eigenvalue weighted by Gasteiger charge is 2.22. The van der Waals surface area contributed by atoms with Crippen LogP contribution in [0.4, 0.5) is 5.69 Å². The molecular formula is C25H27ClN4O2. The normalized spacial score (nSPS) is 14.0. The van der Waals surface area contributed by atoms with Gasteiger partial charge in [0.2, 0.25) is 5.91 Å². The molecule has 1 aliphatic heterocycles. The van der Waals surface area contributed by atoms with Gasteiger partial charge in [0, 0.05) is 54.9 Å². The van der Waals surface area contributed by atoms with E-state index in [1.54, 1.807) is 18.2 Å². The maximum atomic E-state index is 12.8. The van der Waals surface area contributed by atoms with Crippen molar-refractivity contribution in [2.24, 2.45) is 0 Å². The van der Waals surface area contributed by atoms with E-state index in [4.69, 9.17) is 11.6 Å². The van der Waals surface area contributed by atoms with Gasteiger partial charge < -0.3 is 9.80 Å². The van der Waals surface area contributed by atoms with Gasteiger partial charge in [-0.25, -0.2) is 4.68 Å². The molecule has 0 saturated carbocycles. The second-order valence-electron chi connectivity index (χ2n) is 8.13. The molecule has 0 aliphatic carbocycles. The molecule has 1 aromatic heterocycles. The van der Waals surface area contributed by atoms with Crippen molar-refractivity contribution in [1.29, 1.82) is 0 Å². The number of piperazine rings is 1. The molecule has 1 aliphatic rings. The zero-order chi connectivity index (χ0) is 22.7. The van der Waals surface area contributed by atoms with Gasteiger partial charge in [0.05, 0.1) is 12.2 Å². The molecule has 0 N–H and O–H groups in total. The minimum atomic E-state index is -0.219. The number of aromatic nitrogens is 2. The van der Waals surface area contributed by atoms with E-state index < -0.39 is 0 Å². The third-order valence-electron chi connectivity index (χ3n) is 6.07. The van der Waals surface area contributed by atoms with Crippen LogP contribution in [0.3, 0.4) is 0 Å². The van der Waals surface area contributed by atoms with E-state index in [1.165, 1.54) is 27.6 Å². The molecule has 0 bridgehead atoms. The van der Waals surface area contributed by atoms with Crippen LogP contribution < -0.4 is 10.5 Å². The lowest BCUT2D eigenvalue weighted by molar-refractivity contribution is -0.131. The summed E-state index contributed by atoms with van der Waals surface area (Å²) in [6, 6.07) is 16.8. The lowest BCUT2D eigenvalue weighted by atomic mass is 10.1. The number of nitrogens with zero attached hydrogens (tertiary/aromatic N) is 4. The van der Waals surface area contributed by atoms with Gasteiger partial charge in [-0.05, 0) is 49.2 Å². The second-order valence-corrected chi connectivity index (χ2v) is 8.56. The minimum absolute atomic E-state index is 0.0486. The van der Waals surface area contributed by atoms with Crippen LogP contribution in [0.2, 0.25) is 5.02 Å². The van der Waals surface area contributed by atoms with Gasteiger partial charge in [0.25, 0.3) is 5.56 Å². The van der Waals surface area contributed by atoms with Gasteiger partial charge in [-0.15, -0.1) is 0 Å². The number of carbonyl (C=O) groups excluding carboxylic acids is 1. The summed E-state index contributed by atoms with van der Waals surface area (Å²) in [5, 5.41) is 5.05. The first-order valence-corrected chi connectivity index (χ1v) is 11.2. The van der Waals surface area contributed by atoms with Crippen molar-refractivity contribution in [3.8, 4) is 11.3 Å². The number of carbonyl (C=O) groups is 1. The van der Waals surface area contributed by atoms with Crippen LogP contribution in [0.25, 0.3) is 11.3 Å².